The van der Waals surface area contributed by atoms with Gasteiger partial charge in [-0.15, -0.1) is 0 Å². The van der Waals surface area contributed by atoms with E-state index in [0.717, 1.165) is 17.4 Å². The quantitative estimate of drug-likeness (QED) is 0.525. The molecule has 1 aliphatic heterocycles. The summed E-state index contributed by atoms with van der Waals surface area (Å²) < 4.78 is 6.82. The third-order valence-corrected chi connectivity index (χ3v) is 6.16. The van der Waals surface area contributed by atoms with E-state index in [0.29, 0.717) is 18.9 Å². The Morgan fingerprint density at radius 3 is 2.53 bits per heavy atom. The van der Waals surface area contributed by atoms with E-state index in [1.165, 1.54) is 27.2 Å². The van der Waals surface area contributed by atoms with Crippen LogP contribution in [0.15, 0.2) is 20.7 Å². The highest BCUT2D eigenvalue weighted by atomic mass is 16.2. The SMILES string of the molecule is CC(C)n1c(C2CCCN(C(=O)Cn3cnc4c3c(=O)n(C)c(=O)n4C)C2)nn(C)c1=O. The van der Waals surface area contributed by atoms with Crippen molar-refractivity contribution in [2.45, 2.75) is 45.2 Å². The van der Waals surface area contributed by atoms with Crippen LogP contribution in [0.3, 0.4) is 0 Å². The normalized spacial score (nSPS) is 16.9. The molecule has 0 radical (unpaired) electrons. The summed E-state index contributed by atoms with van der Waals surface area (Å²) in [6.07, 6.45) is 3.05. The molecule has 1 unspecified atom stereocenters. The molecule has 0 aliphatic carbocycles. The molecule has 0 N–H and O–H groups in total. The maximum atomic E-state index is 13.1. The topological polar surface area (TPSA) is 122 Å². The number of aryl methyl sites for hydroxylation is 2. The van der Waals surface area contributed by atoms with Crippen LogP contribution in [0.2, 0.25) is 0 Å². The number of amides is 1. The van der Waals surface area contributed by atoms with E-state index in [-0.39, 0.29) is 41.3 Å². The van der Waals surface area contributed by atoms with Crippen LogP contribution < -0.4 is 16.9 Å². The molecule has 3 aromatic rings. The molecule has 1 fully saturated rings. The number of rotatable bonds is 4. The third-order valence-electron chi connectivity index (χ3n) is 6.16. The molecular weight excluding hydrogens is 416 g/mol. The summed E-state index contributed by atoms with van der Waals surface area (Å²) in [4.78, 5) is 56.3. The highest BCUT2D eigenvalue weighted by molar-refractivity contribution is 5.79. The summed E-state index contributed by atoms with van der Waals surface area (Å²) in [6.45, 7) is 4.87. The van der Waals surface area contributed by atoms with Gasteiger partial charge in [0.05, 0.1) is 6.33 Å². The van der Waals surface area contributed by atoms with Crippen LogP contribution in [0.4, 0.5) is 0 Å². The Labute approximate surface area is 183 Å². The van der Waals surface area contributed by atoms with Gasteiger partial charge in [-0.3, -0.25) is 23.3 Å². The fourth-order valence-corrected chi connectivity index (χ4v) is 4.44. The van der Waals surface area contributed by atoms with Crippen molar-refractivity contribution in [1.82, 2.24) is 37.9 Å². The summed E-state index contributed by atoms with van der Waals surface area (Å²) in [5, 5.41) is 4.44. The minimum absolute atomic E-state index is 0.0301. The minimum atomic E-state index is -0.487. The zero-order valence-electron chi connectivity index (χ0n) is 19.0. The first-order chi connectivity index (χ1) is 15.1. The lowest BCUT2D eigenvalue weighted by atomic mass is 9.96. The molecule has 4 rings (SSSR count). The second-order valence-corrected chi connectivity index (χ2v) is 8.66. The summed E-state index contributed by atoms with van der Waals surface area (Å²) in [5.74, 6) is 0.499. The van der Waals surface area contributed by atoms with Crippen molar-refractivity contribution in [3.8, 4) is 0 Å². The number of carbonyl (C=O) groups excluding carboxylic acids is 1. The van der Waals surface area contributed by atoms with Crippen molar-refractivity contribution in [1.29, 1.82) is 0 Å². The van der Waals surface area contributed by atoms with E-state index in [1.54, 1.807) is 23.6 Å². The van der Waals surface area contributed by atoms with E-state index in [9.17, 15) is 19.2 Å². The van der Waals surface area contributed by atoms with E-state index < -0.39 is 11.2 Å². The highest BCUT2D eigenvalue weighted by Gasteiger charge is 2.30. The second kappa shape index (κ2) is 7.92. The zero-order chi connectivity index (χ0) is 23.3. The maximum absolute atomic E-state index is 13.1. The molecule has 1 amide bonds. The van der Waals surface area contributed by atoms with Gasteiger partial charge in [-0.05, 0) is 26.7 Å². The van der Waals surface area contributed by atoms with Crippen LogP contribution in [-0.2, 0) is 32.5 Å². The van der Waals surface area contributed by atoms with Gasteiger partial charge in [0.25, 0.3) is 5.56 Å². The lowest BCUT2D eigenvalue weighted by Gasteiger charge is -2.32. The number of carbonyl (C=O) groups is 1. The Kier molecular flexibility index (Phi) is 5.39. The third kappa shape index (κ3) is 3.39. The lowest BCUT2D eigenvalue weighted by Crippen LogP contribution is -2.42. The van der Waals surface area contributed by atoms with E-state index in [2.05, 4.69) is 10.1 Å². The summed E-state index contributed by atoms with van der Waals surface area (Å²) in [6, 6.07) is -0.0301. The van der Waals surface area contributed by atoms with Crippen molar-refractivity contribution < 1.29 is 4.79 Å². The predicted molar refractivity (Wildman–Crippen MR) is 117 cm³/mol. The van der Waals surface area contributed by atoms with Gasteiger partial charge < -0.3 is 9.47 Å². The van der Waals surface area contributed by atoms with Crippen LogP contribution >= 0.6 is 0 Å². The number of hydrogen-bond acceptors (Lipinski definition) is 6. The predicted octanol–water partition coefficient (Wildman–Crippen LogP) is -0.684. The Morgan fingerprint density at radius 2 is 1.84 bits per heavy atom. The minimum Gasteiger partial charge on any atom is -0.340 e. The van der Waals surface area contributed by atoms with Crippen LogP contribution in [0.5, 0.6) is 0 Å². The van der Waals surface area contributed by atoms with Gasteiger partial charge in [-0.2, -0.15) is 5.10 Å². The Balaban J connectivity index is 1.61. The molecule has 0 bridgehead atoms. The van der Waals surface area contributed by atoms with Gasteiger partial charge in [0.2, 0.25) is 5.91 Å². The molecule has 0 aromatic carbocycles. The monoisotopic (exact) mass is 444 g/mol. The first-order valence-electron chi connectivity index (χ1n) is 10.7. The van der Waals surface area contributed by atoms with Gasteiger partial charge in [0, 0.05) is 46.2 Å². The average Bonchev–Trinajstić information content (AvgIpc) is 3.31. The number of likely N-dealkylation sites (tertiary alicyclic amines) is 1. The standard InChI is InChI=1S/C20H28N8O4/c1-12(2)28-16(22-25(5)20(28)32)13-7-6-8-26(9-13)14(29)10-27-11-21-17-15(27)18(30)24(4)19(31)23(17)3/h11-13H,6-10H2,1-5H3. The summed E-state index contributed by atoms with van der Waals surface area (Å²) in [5.41, 5.74) is -0.652. The molecule has 0 spiro atoms. The number of nitrogens with zero attached hydrogens (tertiary/aromatic N) is 8. The summed E-state index contributed by atoms with van der Waals surface area (Å²) >= 11 is 0. The van der Waals surface area contributed by atoms with Gasteiger partial charge >= 0.3 is 11.4 Å². The molecule has 1 saturated heterocycles. The average molecular weight is 444 g/mol. The van der Waals surface area contributed by atoms with Crippen molar-refractivity contribution >= 4 is 17.1 Å². The van der Waals surface area contributed by atoms with Crippen molar-refractivity contribution in [3.63, 3.8) is 0 Å². The number of aromatic nitrogens is 7. The second-order valence-electron chi connectivity index (χ2n) is 8.66. The number of imidazole rings is 1. The van der Waals surface area contributed by atoms with Gasteiger partial charge in [-0.25, -0.2) is 19.3 Å². The van der Waals surface area contributed by atoms with Crippen LogP contribution in [0, 0.1) is 0 Å². The van der Waals surface area contributed by atoms with Crippen molar-refractivity contribution in [3.05, 3.63) is 43.5 Å². The molecular formula is C20H28N8O4. The Hall–Kier alpha value is -3.44. The smallest absolute Gasteiger partial charge is 0.340 e. The van der Waals surface area contributed by atoms with Gasteiger partial charge in [0.1, 0.15) is 12.4 Å². The lowest BCUT2D eigenvalue weighted by molar-refractivity contribution is -0.133. The molecule has 172 valence electrons. The molecule has 12 heteroatoms. The number of fused-ring (bicyclic) bond motifs is 1. The molecule has 3 aromatic heterocycles. The van der Waals surface area contributed by atoms with Crippen LogP contribution in [0.1, 0.15) is 44.5 Å². The van der Waals surface area contributed by atoms with Gasteiger partial charge in [0.15, 0.2) is 11.2 Å². The number of piperidine rings is 1. The molecule has 32 heavy (non-hydrogen) atoms. The first kappa shape index (κ1) is 21.8. The highest BCUT2D eigenvalue weighted by Crippen LogP contribution is 2.26. The van der Waals surface area contributed by atoms with Gasteiger partial charge in [-0.1, -0.05) is 0 Å². The van der Waals surface area contributed by atoms with Crippen molar-refractivity contribution in [2.24, 2.45) is 21.1 Å². The Bertz CT molecular complexity index is 1370. The van der Waals surface area contributed by atoms with Crippen LogP contribution in [-0.4, -0.2) is 56.9 Å². The Morgan fingerprint density at radius 1 is 1.12 bits per heavy atom. The first-order valence-corrected chi connectivity index (χ1v) is 10.7. The molecule has 12 nitrogen and oxygen atoms in total. The van der Waals surface area contributed by atoms with E-state index in [1.807, 2.05) is 13.8 Å². The van der Waals surface area contributed by atoms with E-state index in [4.69, 9.17) is 0 Å². The molecule has 4 heterocycles. The maximum Gasteiger partial charge on any atom is 0.345 e. The molecule has 0 saturated carbocycles. The molecule has 1 atom stereocenters. The fourth-order valence-electron chi connectivity index (χ4n) is 4.44. The van der Waals surface area contributed by atoms with Crippen LogP contribution in [0.25, 0.3) is 11.2 Å². The number of hydrogen-bond donors (Lipinski definition) is 0. The molecule has 1 aliphatic rings. The van der Waals surface area contributed by atoms with E-state index >= 15 is 0 Å². The largest absolute Gasteiger partial charge is 0.345 e. The summed E-state index contributed by atoms with van der Waals surface area (Å²) in [7, 11) is 4.58. The fraction of sp³-hybridized carbons (Fsp3) is 0.600. The van der Waals surface area contributed by atoms with Crippen molar-refractivity contribution in [2.75, 3.05) is 13.1 Å². The zero-order valence-corrected chi connectivity index (χ0v) is 19.0.